The highest BCUT2D eigenvalue weighted by molar-refractivity contribution is 5.97. The summed E-state index contributed by atoms with van der Waals surface area (Å²) in [5.41, 5.74) is -0.478. The van der Waals surface area contributed by atoms with E-state index in [9.17, 15) is 22.8 Å². The lowest BCUT2D eigenvalue weighted by atomic mass is 10.1. The third-order valence-electron chi connectivity index (χ3n) is 3.89. The van der Waals surface area contributed by atoms with Crippen LogP contribution in [0.5, 0.6) is 0 Å². The number of hydrogen-bond donors (Lipinski definition) is 1. The predicted molar refractivity (Wildman–Crippen MR) is 94.6 cm³/mol. The number of ether oxygens (including phenoxy) is 3. The molecule has 1 N–H and O–H groups in total. The zero-order valence-electron chi connectivity index (χ0n) is 15.5. The molecule has 1 aliphatic rings. The van der Waals surface area contributed by atoms with Crippen molar-refractivity contribution >= 4 is 23.3 Å². The number of nitrogens with one attached hydrogen (secondary N) is 1. The molecule has 154 valence electrons. The molecule has 28 heavy (non-hydrogen) atoms. The first kappa shape index (κ1) is 21.4. The molecule has 1 amide bonds. The van der Waals surface area contributed by atoms with Crippen molar-refractivity contribution in [3.63, 3.8) is 0 Å². The molecule has 0 aromatic heterocycles. The Hall–Kier alpha value is -2.91. The first-order chi connectivity index (χ1) is 13.3. The average Bonchev–Trinajstić information content (AvgIpc) is 2.68. The van der Waals surface area contributed by atoms with Crippen molar-refractivity contribution in [2.45, 2.75) is 20.0 Å². The van der Waals surface area contributed by atoms with E-state index in [1.54, 1.807) is 4.90 Å². The molecule has 1 aliphatic heterocycles. The highest BCUT2D eigenvalue weighted by Crippen LogP contribution is 2.35. The van der Waals surface area contributed by atoms with E-state index in [1.165, 1.54) is 6.07 Å². The first-order valence-electron chi connectivity index (χ1n) is 8.64. The minimum Gasteiger partial charge on any atom is -0.493 e. The summed E-state index contributed by atoms with van der Waals surface area (Å²) in [5, 5.41) is 2.38. The maximum absolute atomic E-state index is 13.0. The van der Waals surface area contributed by atoms with Crippen LogP contribution in [0.4, 0.5) is 24.5 Å². The number of amides is 1. The fourth-order valence-electron chi connectivity index (χ4n) is 2.52. The van der Waals surface area contributed by atoms with E-state index >= 15 is 0 Å². The molecule has 0 radical (unpaired) electrons. The maximum Gasteiger partial charge on any atom is 0.416 e. The van der Waals surface area contributed by atoms with Gasteiger partial charge in [-0.25, -0.2) is 4.79 Å². The molecular formula is C18H21F3N2O5. The Kier molecular flexibility index (Phi) is 7.13. The van der Waals surface area contributed by atoms with Gasteiger partial charge in [0.05, 0.1) is 16.9 Å². The minimum absolute atomic E-state index is 0.0176. The van der Waals surface area contributed by atoms with Crippen LogP contribution in [-0.2, 0) is 30.0 Å². The summed E-state index contributed by atoms with van der Waals surface area (Å²) in [5.74, 6) is -1.86. The zero-order chi connectivity index (χ0) is 20.7. The summed E-state index contributed by atoms with van der Waals surface area (Å²) in [7, 11) is 0. The van der Waals surface area contributed by atoms with E-state index in [0.717, 1.165) is 18.4 Å². The van der Waals surface area contributed by atoms with Gasteiger partial charge in [0, 0.05) is 13.1 Å². The summed E-state index contributed by atoms with van der Waals surface area (Å²) in [4.78, 5) is 25.7. The van der Waals surface area contributed by atoms with E-state index in [0.29, 0.717) is 25.4 Å². The second kappa shape index (κ2) is 9.34. The Morgan fingerprint density at radius 1 is 1.21 bits per heavy atom. The molecule has 0 bridgehead atoms. The van der Waals surface area contributed by atoms with Crippen LogP contribution in [0, 0.1) is 0 Å². The van der Waals surface area contributed by atoms with E-state index in [2.05, 4.69) is 5.32 Å². The largest absolute Gasteiger partial charge is 0.493 e. The summed E-state index contributed by atoms with van der Waals surface area (Å²) < 4.78 is 53.8. The molecule has 0 atom stereocenters. The molecule has 2 rings (SSSR count). The lowest BCUT2D eigenvalue weighted by molar-refractivity contribution is -0.148. The van der Waals surface area contributed by atoms with Gasteiger partial charge in [-0.3, -0.25) is 4.79 Å². The van der Waals surface area contributed by atoms with E-state index < -0.39 is 30.2 Å². The van der Waals surface area contributed by atoms with Gasteiger partial charge < -0.3 is 24.4 Å². The Labute approximate surface area is 160 Å². The topological polar surface area (TPSA) is 77.1 Å². The van der Waals surface area contributed by atoms with Crippen molar-refractivity contribution in [3.05, 3.63) is 35.8 Å². The van der Waals surface area contributed by atoms with Crippen LogP contribution in [0.15, 0.2) is 30.2 Å². The van der Waals surface area contributed by atoms with Crippen LogP contribution in [0.1, 0.15) is 19.4 Å². The van der Waals surface area contributed by atoms with Crippen molar-refractivity contribution < 1.29 is 37.0 Å². The lowest BCUT2D eigenvalue weighted by Gasteiger charge is -2.25. The number of alkyl halides is 3. The number of rotatable bonds is 7. The smallest absolute Gasteiger partial charge is 0.416 e. The molecule has 0 spiro atoms. The average molecular weight is 402 g/mol. The number of hydrogen-bond acceptors (Lipinski definition) is 6. The molecular weight excluding hydrogens is 381 g/mol. The zero-order valence-corrected chi connectivity index (χ0v) is 15.5. The second-order valence-electron chi connectivity index (χ2n) is 5.73. The predicted octanol–water partition coefficient (Wildman–Crippen LogP) is 2.92. The molecule has 10 heteroatoms. The molecule has 0 fully saturated rings. The summed E-state index contributed by atoms with van der Waals surface area (Å²) in [6, 6.07) is 3.11. The van der Waals surface area contributed by atoms with Crippen LogP contribution in [0.3, 0.4) is 0 Å². The van der Waals surface area contributed by atoms with Crippen molar-refractivity contribution in [1.29, 1.82) is 0 Å². The van der Waals surface area contributed by atoms with Crippen molar-refractivity contribution in [2.75, 3.05) is 43.1 Å². The van der Waals surface area contributed by atoms with Crippen molar-refractivity contribution in [1.82, 2.24) is 0 Å². The summed E-state index contributed by atoms with van der Waals surface area (Å²) in [6.45, 7) is 4.53. The van der Waals surface area contributed by atoms with Gasteiger partial charge in [-0.1, -0.05) is 0 Å². The molecule has 0 saturated carbocycles. The third kappa shape index (κ3) is 5.54. The van der Waals surface area contributed by atoms with Gasteiger partial charge in [0.2, 0.25) is 5.76 Å². The normalized spacial score (nSPS) is 13.7. The quantitative estimate of drug-likeness (QED) is 0.707. The van der Waals surface area contributed by atoms with E-state index in [-0.39, 0.29) is 18.1 Å². The number of carbonyl (C=O) groups is 2. The fraction of sp³-hybridized carbons (Fsp3) is 0.444. The van der Waals surface area contributed by atoms with Crippen LogP contribution < -0.4 is 10.2 Å². The van der Waals surface area contributed by atoms with Crippen LogP contribution in [0.2, 0.25) is 0 Å². The number of anilines is 2. The molecule has 1 aromatic carbocycles. The first-order valence-corrected chi connectivity index (χ1v) is 8.64. The lowest BCUT2D eigenvalue weighted by Crippen LogP contribution is -2.27. The van der Waals surface area contributed by atoms with Crippen molar-refractivity contribution in [2.24, 2.45) is 0 Å². The van der Waals surface area contributed by atoms with E-state index in [4.69, 9.17) is 14.2 Å². The van der Waals surface area contributed by atoms with Crippen LogP contribution >= 0.6 is 0 Å². The number of halogens is 3. The highest BCUT2D eigenvalue weighted by Gasteiger charge is 2.31. The molecule has 0 unspecified atom stereocenters. The van der Waals surface area contributed by atoms with Gasteiger partial charge in [0.25, 0.3) is 5.91 Å². The molecule has 1 heterocycles. The third-order valence-corrected chi connectivity index (χ3v) is 3.89. The number of carbonyl (C=O) groups excluding carboxylic acids is 2. The van der Waals surface area contributed by atoms with Gasteiger partial charge in [-0.05, 0) is 32.0 Å². The number of esters is 1. The van der Waals surface area contributed by atoms with Gasteiger partial charge in [0.1, 0.15) is 19.5 Å². The monoisotopic (exact) mass is 402 g/mol. The standard InChI is InChI=1S/C18H21F3N2O5/c1-3-23(4-2)14-6-5-12(18(19,20)21)9-13(14)22-16(24)11-28-17(25)15-10-26-7-8-27-15/h5-6,9-10H,3-4,7-8,11H2,1-2H3,(H,22,24). The Morgan fingerprint density at radius 2 is 1.93 bits per heavy atom. The number of nitrogens with zero attached hydrogens (tertiary/aromatic N) is 1. The maximum atomic E-state index is 13.0. The minimum atomic E-state index is -4.56. The molecule has 1 aromatic rings. The van der Waals surface area contributed by atoms with Crippen LogP contribution in [0.25, 0.3) is 0 Å². The Balaban J connectivity index is 2.12. The number of benzene rings is 1. The van der Waals surface area contributed by atoms with Gasteiger partial charge in [0.15, 0.2) is 6.61 Å². The fourth-order valence-corrected chi connectivity index (χ4v) is 2.52. The Morgan fingerprint density at radius 3 is 2.50 bits per heavy atom. The summed E-state index contributed by atoms with van der Waals surface area (Å²) in [6.07, 6.45) is -3.48. The van der Waals surface area contributed by atoms with Gasteiger partial charge in [-0.15, -0.1) is 0 Å². The van der Waals surface area contributed by atoms with Crippen molar-refractivity contribution in [3.8, 4) is 0 Å². The van der Waals surface area contributed by atoms with E-state index in [1.807, 2.05) is 13.8 Å². The van der Waals surface area contributed by atoms with Gasteiger partial charge >= 0.3 is 12.1 Å². The highest BCUT2D eigenvalue weighted by atomic mass is 19.4. The molecule has 7 nitrogen and oxygen atoms in total. The molecule has 0 aliphatic carbocycles. The second-order valence-corrected chi connectivity index (χ2v) is 5.73. The summed E-state index contributed by atoms with van der Waals surface area (Å²) >= 11 is 0. The molecule has 0 saturated heterocycles. The SMILES string of the molecule is CCN(CC)c1ccc(C(F)(F)F)cc1NC(=O)COC(=O)C1=COCCO1. The van der Waals surface area contributed by atoms with Gasteiger partial charge in [-0.2, -0.15) is 13.2 Å². The van der Waals surface area contributed by atoms with Crippen LogP contribution in [-0.4, -0.2) is 44.8 Å². The Bertz CT molecular complexity index is 745.